The van der Waals surface area contributed by atoms with E-state index in [-0.39, 0.29) is 27.2 Å². The first kappa shape index (κ1) is 36.6. The number of nitrogens with zero attached hydrogens (tertiary/aromatic N) is 4. The summed E-state index contributed by atoms with van der Waals surface area (Å²) in [5.74, 6) is 0. The Bertz CT molecular complexity index is 222. The third kappa shape index (κ3) is 13400. The van der Waals surface area contributed by atoms with E-state index in [0.717, 1.165) is 6.42 Å². The zero-order chi connectivity index (χ0) is 18.6. The molecule has 0 unspecified atom stereocenters. The van der Waals surface area contributed by atoms with Gasteiger partial charge in [0, 0.05) is 0 Å². The Labute approximate surface area is 134 Å². The summed E-state index contributed by atoms with van der Waals surface area (Å²) in [5.41, 5.74) is 10.1. The topological polar surface area (TPSA) is 317 Å². The second-order valence-electron chi connectivity index (χ2n) is 1.97. The fourth-order valence-corrected chi connectivity index (χ4v) is 0. The summed E-state index contributed by atoms with van der Waals surface area (Å²) >= 11 is 0. The number of nitrogens with two attached hydrogens (primary N) is 2. The van der Waals surface area contributed by atoms with Crippen LogP contribution in [-0.4, -0.2) is 26.5 Å². The van der Waals surface area contributed by atoms with Crippen molar-refractivity contribution in [3.05, 3.63) is 61.3 Å². The van der Waals surface area contributed by atoms with Gasteiger partial charge in [-0.15, -0.1) is 0 Å². The maximum atomic E-state index is 8.25. The second-order valence-corrected chi connectivity index (χ2v) is 1.97. The van der Waals surface area contributed by atoms with E-state index >= 15 is 0 Å². The molecule has 0 bridgehead atoms. The minimum atomic E-state index is -1.75. The van der Waals surface area contributed by atoms with Crippen molar-refractivity contribution in [2.75, 3.05) is 0 Å². The maximum absolute atomic E-state index is 8.25. The van der Waals surface area contributed by atoms with Crippen LogP contribution in [0.4, 0.5) is 0 Å². The molecule has 0 aromatic rings. The van der Waals surface area contributed by atoms with Crippen molar-refractivity contribution in [2.45, 2.75) is 19.5 Å². The summed E-state index contributed by atoms with van der Waals surface area (Å²) in [6, 6.07) is 0. The fourth-order valence-electron chi connectivity index (χ4n) is 0. The van der Waals surface area contributed by atoms with Crippen molar-refractivity contribution < 1.29 is 41.4 Å². The summed E-state index contributed by atoms with van der Waals surface area (Å²) in [4.78, 5) is 33.0. The van der Waals surface area contributed by atoms with Crippen LogP contribution in [0, 0.1) is 61.3 Å². The molecule has 0 radical (unpaired) electrons. The van der Waals surface area contributed by atoms with Crippen molar-refractivity contribution in [3.8, 4) is 0 Å². The van der Waals surface area contributed by atoms with E-state index in [0.29, 0.717) is 0 Å². The van der Waals surface area contributed by atoms with Crippen LogP contribution in [-0.2, 0) is 21.1 Å². The van der Waals surface area contributed by atoms with Crippen LogP contribution >= 0.6 is 0 Å². The quantitative estimate of drug-likeness (QED) is 0.231. The van der Waals surface area contributed by atoms with Crippen LogP contribution in [0.3, 0.4) is 0 Å². The van der Waals surface area contributed by atoms with Crippen molar-refractivity contribution >= 4 is 0 Å². The Hall–Kier alpha value is -2.59. The van der Waals surface area contributed by atoms with Gasteiger partial charge in [-0.25, -0.2) is 0 Å². The van der Waals surface area contributed by atoms with Crippen LogP contribution in [0.15, 0.2) is 0 Å². The Kier molecular flexibility index (Phi) is 51.6. The van der Waals surface area contributed by atoms with Crippen LogP contribution in [0.1, 0.15) is 13.3 Å². The van der Waals surface area contributed by atoms with Crippen LogP contribution in [0.25, 0.3) is 0 Å². The summed E-state index contributed by atoms with van der Waals surface area (Å²) in [5, 5.41) is 59.0. The molecule has 0 heterocycles. The third-order valence-electron chi connectivity index (χ3n) is 0.471. The van der Waals surface area contributed by atoms with Crippen LogP contribution < -0.4 is 11.5 Å². The molecular weight excluding hydrogens is 507 g/mol. The molecule has 19 heteroatoms. The normalized spacial score (nSPS) is 6.55. The summed E-state index contributed by atoms with van der Waals surface area (Å²) in [6.45, 7) is 1.95. The molecule has 22 heavy (non-hydrogen) atoms. The summed E-state index contributed by atoms with van der Waals surface area (Å²) in [7, 11) is 0. The number of rotatable bonds is 1. The predicted molar refractivity (Wildman–Crippen MR) is 63.9 cm³/mol. The van der Waals surface area contributed by atoms with Gasteiger partial charge in [-0.3, -0.25) is 0 Å². The summed E-state index contributed by atoms with van der Waals surface area (Å²) in [6.07, 6.45) is 0.745. The largest absolute Gasteiger partial charge is 4.00 e. The van der Waals surface area contributed by atoms with Gasteiger partial charge in [-0.05, 0) is 6.42 Å². The van der Waals surface area contributed by atoms with E-state index in [9.17, 15) is 0 Å². The average Bonchev–Trinajstić information content (AvgIpc) is 2.13. The maximum Gasteiger partial charge on any atom is 4.00 e. The van der Waals surface area contributed by atoms with Gasteiger partial charge in [0.15, 0.2) is 0 Å². The standard InChI is InChI=1S/C3H10N2.4NO3.Pt/c1-2-3(4)5;4*2-1(3)4;/h3H,2,4-5H2,1H3;;;;;/q;4*-1;+4. The van der Waals surface area contributed by atoms with Crippen LogP contribution in [0.5, 0.6) is 0 Å². The van der Waals surface area contributed by atoms with E-state index in [2.05, 4.69) is 0 Å². The molecular formula is C3H10N6O12Pt. The van der Waals surface area contributed by atoms with Crippen molar-refractivity contribution in [2.24, 2.45) is 11.5 Å². The Morgan fingerprint density at radius 1 is 0.682 bits per heavy atom. The summed E-state index contributed by atoms with van der Waals surface area (Å²) < 4.78 is 0. The molecule has 18 nitrogen and oxygen atoms in total. The third-order valence-corrected chi connectivity index (χ3v) is 0.471. The first-order chi connectivity index (χ1) is 9.20. The molecule has 0 spiro atoms. The SMILES string of the molecule is CCC(N)N.O=[N+]([O-])[O-].O=[N+]([O-])[O-].O=[N+]([O-])[O-].O=[N+]([O-])[O-].[Pt+4]. The molecule has 0 saturated carbocycles. The monoisotopic (exact) mass is 517 g/mol. The van der Waals surface area contributed by atoms with Crippen molar-refractivity contribution in [1.82, 2.24) is 0 Å². The van der Waals surface area contributed by atoms with E-state index in [1.807, 2.05) is 6.92 Å². The van der Waals surface area contributed by atoms with Crippen molar-refractivity contribution in [1.29, 1.82) is 0 Å². The van der Waals surface area contributed by atoms with Gasteiger partial charge in [0.2, 0.25) is 0 Å². The average molecular weight is 517 g/mol. The Balaban J connectivity index is -0.0000000361. The molecule has 134 valence electrons. The van der Waals surface area contributed by atoms with Gasteiger partial charge in [-0.2, -0.15) is 0 Å². The predicted octanol–water partition coefficient (Wildman–Crippen LogP) is -1.32. The van der Waals surface area contributed by atoms with Gasteiger partial charge in [0.05, 0.1) is 26.5 Å². The molecule has 0 aliphatic rings. The molecule has 0 rings (SSSR count). The molecule has 0 aromatic heterocycles. The zero-order valence-electron chi connectivity index (χ0n) is 10.4. The molecule has 0 saturated heterocycles. The van der Waals surface area contributed by atoms with E-state index in [4.69, 9.17) is 72.8 Å². The van der Waals surface area contributed by atoms with Gasteiger partial charge in [-0.1, -0.05) is 6.92 Å². The smallest absolute Gasteiger partial charge is 0.356 e. The molecule has 0 amide bonds. The minimum absolute atomic E-state index is 0. The molecule has 0 aromatic carbocycles. The molecule has 4 N–H and O–H groups in total. The van der Waals surface area contributed by atoms with Gasteiger partial charge < -0.3 is 72.8 Å². The van der Waals surface area contributed by atoms with Gasteiger partial charge in [0.1, 0.15) is 0 Å². The number of hydrogen-bond donors (Lipinski definition) is 2. The molecule has 0 fully saturated rings. The molecule has 0 aliphatic heterocycles. The van der Waals surface area contributed by atoms with E-state index in [1.165, 1.54) is 0 Å². The van der Waals surface area contributed by atoms with Crippen LogP contribution in [0.2, 0.25) is 0 Å². The minimum Gasteiger partial charge on any atom is -0.356 e. The second kappa shape index (κ2) is 31.0. The Morgan fingerprint density at radius 2 is 0.727 bits per heavy atom. The van der Waals surface area contributed by atoms with Gasteiger partial charge >= 0.3 is 21.1 Å². The van der Waals surface area contributed by atoms with E-state index in [1.54, 1.807) is 0 Å². The Morgan fingerprint density at radius 3 is 0.727 bits per heavy atom. The first-order valence-corrected chi connectivity index (χ1v) is 3.97. The number of hydrogen-bond acceptors (Lipinski definition) is 14. The fraction of sp³-hybridized carbons (Fsp3) is 1.00. The van der Waals surface area contributed by atoms with Crippen molar-refractivity contribution in [3.63, 3.8) is 0 Å². The zero-order valence-corrected chi connectivity index (χ0v) is 12.7. The molecule has 0 aliphatic carbocycles. The van der Waals surface area contributed by atoms with E-state index < -0.39 is 20.3 Å². The first-order valence-electron chi connectivity index (χ1n) is 3.97. The van der Waals surface area contributed by atoms with Gasteiger partial charge in [0.25, 0.3) is 0 Å². The molecule has 0 atom stereocenters.